The lowest BCUT2D eigenvalue weighted by atomic mass is 10.1. The minimum Gasteiger partial charge on any atom is -0.496 e. The average Bonchev–Trinajstić information content (AvgIpc) is 3.29. The van der Waals surface area contributed by atoms with Crippen LogP contribution in [0.3, 0.4) is 0 Å². The molecule has 1 aromatic rings. The molecule has 2 atom stereocenters. The van der Waals surface area contributed by atoms with Gasteiger partial charge in [-0.1, -0.05) is 6.92 Å². The van der Waals surface area contributed by atoms with Crippen molar-refractivity contribution in [2.45, 2.75) is 32.7 Å². The molecular weight excluding hydrogens is 306 g/mol. The Kier molecular flexibility index (Phi) is 6.58. The van der Waals surface area contributed by atoms with Gasteiger partial charge in [0.15, 0.2) is 5.96 Å². The fourth-order valence-electron chi connectivity index (χ4n) is 2.62. The minimum atomic E-state index is 0.549. The molecule has 6 nitrogen and oxygen atoms in total. The largest absolute Gasteiger partial charge is 0.496 e. The van der Waals surface area contributed by atoms with Gasteiger partial charge in [-0.05, 0) is 25.7 Å². The van der Waals surface area contributed by atoms with Crippen LogP contribution in [-0.2, 0) is 6.42 Å². The molecule has 0 aliphatic heterocycles. The van der Waals surface area contributed by atoms with Crippen molar-refractivity contribution < 1.29 is 14.2 Å². The van der Waals surface area contributed by atoms with Crippen LogP contribution in [0.15, 0.2) is 17.1 Å². The molecule has 134 valence electrons. The van der Waals surface area contributed by atoms with Crippen molar-refractivity contribution in [1.82, 2.24) is 10.6 Å². The summed E-state index contributed by atoms with van der Waals surface area (Å²) in [6.07, 6.45) is 1.94. The number of benzene rings is 1. The van der Waals surface area contributed by atoms with E-state index < -0.39 is 0 Å². The van der Waals surface area contributed by atoms with Gasteiger partial charge in [0, 0.05) is 36.8 Å². The highest BCUT2D eigenvalue weighted by molar-refractivity contribution is 5.80. The van der Waals surface area contributed by atoms with Gasteiger partial charge in [-0.2, -0.15) is 0 Å². The Morgan fingerprint density at radius 3 is 2.25 bits per heavy atom. The van der Waals surface area contributed by atoms with E-state index in [9.17, 15) is 0 Å². The molecule has 1 aromatic carbocycles. The highest BCUT2D eigenvalue weighted by atomic mass is 16.5. The molecule has 1 aliphatic rings. The van der Waals surface area contributed by atoms with Crippen molar-refractivity contribution in [2.75, 3.05) is 34.4 Å². The molecule has 0 heterocycles. The van der Waals surface area contributed by atoms with Crippen molar-refractivity contribution in [3.05, 3.63) is 17.7 Å². The van der Waals surface area contributed by atoms with Gasteiger partial charge in [0.05, 0.1) is 21.3 Å². The van der Waals surface area contributed by atoms with E-state index in [-0.39, 0.29) is 0 Å². The van der Waals surface area contributed by atoms with Gasteiger partial charge in [-0.25, -0.2) is 0 Å². The van der Waals surface area contributed by atoms with Crippen molar-refractivity contribution in [2.24, 2.45) is 10.9 Å². The molecular formula is C18H29N3O3. The lowest BCUT2D eigenvalue weighted by Crippen LogP contribution is -2.39. The third-order valence-corrected chi connectivity index (χ3v) is 4.22. The molecule has 1 saturated carbocycles. The number of hydrogen-bond acceptors (Lipinski definition) is 4. The molecule has 6 heteroatoms. The van der Waals surface area contributed by atoms with E-state index >= 15 is 0 Å². The number of ether oxygens (including phenoxy) is 3. The van der Waals surface area contributed by atoms with Crippen molar-refractivity contribution in [3.63, 3.8) is 0 Å². The van der Waals surface area contributed by atoms with E-state index in [4.69, 9.17) is 14.2 Å². The maximum absolute atomic E-state index is 5.48. The molecule has 0 amide bonds. The predicted molar refractivity (Wildman–Crippen MR) is 96.5 cm³/mol. The average molecular weight is 335 g/mol. The standard InChI is InChI=1S/C18H29N3O3/c1-6-19-18(21-15-9-12(15)2)20-8-7-14-16(23-4)10-13(22-3)11-17(14)24-5/h10-12,15H,6-9H2,1-5H3,(H2,19,20,21). The number of nitrogens with one attached hydrogen (secondary N) is 2. The lowest BCUT2D eigenvalue weighted by Gasteiger charge is -2.15. The maximum atomic E-state index is 5.48. The fourth-order valence-corrected chi connectivity index (χ4v) is 2.62. The van der Waals surface area contributed by atoms with Gasteiger partial charge < -0.3 is 24.8 Å². The van der Waals surface area contributed by atoms with E-state index in [1.165, 1.54) is 6.42 Å². The van der Waals surface area contributed by atoms with Gasteiger partial charge in [0.1, 0.15) is 17.2 Å². The zero-order valence-corrected chi connectivity index (χ0v) is 15.3. The zero-order chi connectivity index (χ0) is 17.5. The molecule has 0 saturated heterocycles. The Labute approximate surface area is 144 Å². The van der Waals surface area contributed by atoms with E-state index in [1.807, 2.05) is 12.1 Å². The van der Waals surface area contributed by atoms with E-state index in [1.54, 1.807) is 21.3 Å². The summed E-state index contributed by atoms with van der Waals surface area (Å²) < 4.78 is 16.3. The minimum absolute atomic E-state index is 0.549. The Morgan fingerprint density at radius 2 is 1.79 bits per heavy atom. The second-order valence-corrected chi connectivity index (χ2v) is 5.98. The predicted octanol–water partition coefficient (Wildman–Crippen LogP) is 2.22. The van der Waals surface area contributed by atoms with Gasteiger partial charge in [0.25, 0.3) is 0 Å². The van der Waals surface area contributed by atoms with E-state index in [0.29, 0.717) is 18.3 Å². The first-order valence-corrected chi connectivity index (χ1v) is 8.46. The number of rotatable bonds is 8. The van der Waals surface area contributed by atoms with Crippen LogP contribution in [0.5, 0.6) is 17.2 Å². The Balaban J connectivity index is 2.07. The Bertz CT molecular complexity index is 550. The summed E-state index contributed by atoms with van der Waals surface area (Å²) in [5.74, 6) is 3.84. The number of hydrogen-bond donors (Lipinski definition) is 2. The van der Waals surface area contributed by atoms with Crippen LogP contribution >= 0.6 is 0 Å². The second-order valence-electron chi connectivity index (χ2n) is 5.98. The molecule has 2 rings (SSSR count). The zero-order valence-electron chi connectivity index (χ0n) is 15.3. The molecule has 24 heavy (non-hydrogen) atoms. The summed E-state index contributed by atoms with van der Waals surface area (Å²) in [6, 6.07) is 4.29. The highest BCUT2D eigenvalue weighted by Gasteiger charge is 2.33. The molecule has 0 aromatic heterocycles. The monoisotopic (exact) mass is 335 g/mol. The first-order chi connectivity index (χ1) is 11.6. The lowest BCUT2D eigenvalue weighted by molar-refractivity contribution is 0.369. The van der Waals surface area contributed by atoms with Crippen LogP contribution in [0, 0.1) is 5.92 Å². The van der Waals surface area contributed by atoms with Crippen molar-refractivity contribution >= 4 is 5.96 Å². The molecule has 2 N–H and O–H groups in total. The number of guanidine groups is 1. The molecule has 2 unspecified atom stereocenters. The van der Waals surface area contributed by atoms with Crippen LogP contribution < -0.4 is 24.8 Å². The summed E-state index contributed by atoms with van der Waals surface area (Å²) in [6.45, 7) is 5.81. The summed E-state index contributed by atoms with van der Waals surface area (Å²) in [7, 11) is 4.94. The van der Waals surface area contributed by atoms with Crippen LogP contribution in [0.25, 0.3) is 0 Å². The molecule has 0 radical (unpaired) electrons. The van der Waals surface area contributed by atoms with Crippen molar-refractivity contribution in [1.29, 1.82) is 0 Å². The first-order valence-electron chi connectivity index (χ1n) is 8.46. The van der Waals surface area contributed by atoms with Crippen LogP contribution in [0.2, 0.25) is 0 Å². The third kappa shape index (κ3) is 4.69. The number of methoxy groups -OCH3 is 3. The molecule has 0 spiro atoms. The quantitative estimate of drug-likeness (QED) is 0.563. The first kappa shape index (κ1) is 18.2. The van der Waals surface area contributed by atoms with Crippen LogP contribution in [0.4, 0.5) is 0 Å². The highest BCUT2D eigenvalue weighted by Crippen LogP contribution is 2.34. The van der Waals surface area contributed by atoms with Gasteiger partial charge in [0.2, 0.25) is 0 Å². The van der Waals surface area contributed by atoms with E-state index in [2.05, 4.69) is 29.5 Å². The van der Waals surface area contributed by atoms with Crippen LogP contribution in [0.1, 0.15) is 25.8 Å². The van der Waals surface area contributed by atoms with E-state index in [0.717, 1.165) is 41.9 Å². The smallest absolute Gasteiger partial charge is 0.191 e. The molecule has 0 bridgehead atoms. The van der Waals surface area contributed by atoms with Crippen molar-refractivity contribution in [3.8, 4) is 17.2 Å². The SMILES string of the molecule is CCNC(=NCCc1c(OC)cc(OC)cc1OC)NC1CC1C. The summed E-state index contributed by atoms with van der Waals surface area (Å²) in [5, 5.41) is 6.75. The van der Waals surface area contributed by atoms with Crippen LogP contribution in [-0.4, -0.2) is 46.4 Å². The number of nitrogens with zero attached hydrogens (tertiary/aromatic N) is 1. The molecule has 1 fully saturated rings. The summed E-state index contributed by atoms with van der Waals surface area (Å²) >= 11 is 0. The number of aliphatic imine (C=N–C) groups is 1. The Morgan fingerprint density at radius 1 is 1.17 bits per heavy atom. The summed E-state index contributed by atoms with van der Waals surface area (Å²) in [4.78, 5) is 4.67. The van der Waals surface area contributed by atoms with Gasteiger partial charge in [-0.3, -0.25) is 4.99 Å². The maximum Gasteiger partial charge on any atom is 0.191 e. The normalized spacial score (nSPS) is 19.6. The molecule has 1 aliphatic carbocycles. The second kappa shape index (κ2) is 8.66. The summed E-state index contributed by atoms with van der Waals surface area (Å²) in [5.41, 5.74) is 1.00. The topological polar surface area (TPSA) is 64.1 Å². The Hall–Kier alpha value is -2.11. The van der Waals surface area contributed by atoms with Gasteiger partial charge in [-0.15, -0.1) is 0 Å². The van der Waals surface area contributed by atoms with Gasteiger partial charge >= 0.3 is 0 Å². The third-order valence-electron chi connectivity index (χ3n) is 4.22. The fraction of sp³-hybridized carbons (Fsp3) is 0.611.